The summed E-state index contributed by atoms with van der Waals surface area (Å²) in [6, 6.07) is 86.0. The predicted octanol–water partition coefficient (Wildman–Crippen LogP) is 16.9. The normalized spacial score (nSPS) is 11.8. The van der Waals surface area contributed by atoms with Gasteiger partial charge in [-0.25, -0.2) is 9.97 Å². The minimum absolute atomic E-state index is 0.654. The molecule has 14 rings (SSSR count). The number of hydrogen-bond acceptors (Lipinski definition) is 3. The van der Waals surface area contributed by atoms with Crippen LogP contribution >= 0.6 is 0 Å². The molecule has 322 valence electrons. The second-order valence-electron chi connectivity index (χ2n) is 17.7. The van der Waals surface area contributed by atoms with Crippen LogP contribution in [0, 0.1) is 0 Å². The quantitative estimate of drug-likeness (QED) is 0.160. The number of rotatable bonds is 7. The molecule has 0 N–H and O–H groups in total. The summed E-state index contributed by atoms with van der Waals surface area (Å²) in [6.45, 7) is 0. The Morgan fingerprint density at radius 1 is 0.333 bits per heavy atom. The lowest BCUT2D eigenvalue weighted by Crippen LogP contribution is -2.03. The van der Waals surface area contributed by atoms with Crippen LogP contribution in [0.5, 0.6) is 0 Å². The van der Waals surface area contributed by atoms with Gasteiger partial charge in [-0.1, -0.05) is 176 Å². The summed E-state index contributed by atoms with van der Waals surface area (Å²) in [7, 11) is 0. The third kappa shape index (κ3) is 6.18. The number of nitrogens with zero attached hydrogens (tertiary/aromatic N) is 4. The molecule has 69 heavy (non-hydrogen) atoms. The van der Waals surface area contributed by atoms with Crippen molar-refractivity contribution < 1.29 is 4.42 Å². The average molecular weight is 881 g/mol. The van der Waals surface area contributed by atoms with Crippen molar-refractivity contribution >= 4 is 65.6 Å². The van der Waals surface area contributed by atoms with Gasteiger partial charge in [-0.05, 0) is 77.9 Å². The van der Waals surface area contributed by atoms with E-state index in [1.54, 1.807) is 0 Å². The molecular weight excluding hydrogens is 841 g/mol. The summed E-state index contributed by atoms with van der Waals surface area (Å²) >= 11 is 0. The highest BCUT2D eigenvalue weighted by Crippen LogP contribution is 2.48. The summed E-state index contributed by atoms with van der Waals surface area (Å²) < 4.78 is 12.0. The second-order valence-corrected chi connectivity index (χ2v) is 17.7. The minimum atomic E-state index is 0.654. The molecule has 0 saturated carbocycles. The van der Waals surface area contributed by atoms with Gasteiger partial charge in [-0.2, -0.15) is 0 Å². The molecule has 0 radical (unpaired) electrons. The van der Waals surface area contributed by atoms with Crippen LogP contribution in [0.2, 0.25) is 0 Å². The van der Waals surface area contributed by atoms with Gasteiger partial charge in [0.15, 0.2) is 5.82 Å². The van der Waals surface area contributed by atoms with E-state index >= 15 is 0 Å². The summed E-state index contributed by atoms with van der Waals surface area (Å²) in [5.74, 6) is 0.654. The summed E-state index contributed by atoms with van der Waals surface area (Å²) in [5.41, 5.74) is 17.3. The third-order valence-electron chi connectivity index (χ3n) is 13.7. The SMILES string of the molecule is c1ccc(-c2cc(-c3ccccc3)nc(-c3cc(-c4ccccc4)c(-n4c5ccccc5c5c6oc7ccc8c9ccccc9n(-c9ccccc9)c8c7c6ccc54)c(-c4ccccc4)c3)n2)cc1. The lowest BCUT2D eigenvalue weighted by Gasteiger charge is -2.21. The molecule has 0 saturated heterocycles. The van der Waals surface area contributed by atoms with E-state index in [0.717, 1.165) is 116 Å². The Labute approximate surface area is 397 Å². The van der Waals surface area contributed by atoms with E-state index in [2.05, 4.69) is 240 Å². The molecule has 0 unspecified atom stereocenters. The molecular formula is C64H40N4O. The fourth-order valence-electron chi connectivity index (χ4n) is 10.7. The van der Waals surface area contributed by atoms with Crippen LogP contribution in [0.1, 0.15) is 0 Å². The molecule has 4 aromatic heterocycles. The maximum Gasteiger partial charge on any atom is 0.160 e. The Bertz CT molecular complexity index is 4150. The van der Waals surface area contributed by atoms with Crippen LogP contribution in [-0.2, 0) is 0 Å². The maximum absolute atomic E-state index is 7.18. The molecule has 0 amide bonds. The summed E-state index contributed by atoms with van der Waals surface area (Å²) in [4.78, 5) is 10.7. The van der Waals surface area contributed by atoms with Gasteiger partial charge in [0, 0.05) is 55.0 Å². The van der Waals surface area contributed by atoms with Crippen LogP contribution in [0.15, 0.2) is 247 Å². The van der Waals surface area contributed by atoms with Gasteiger partial charge < -0.3 is 13.6 Å². The number of para-hydroxylation sites is 3. The smallest absolute Gasteiger partial charge is 0.160 e. The largest absolute Gasteiger partial charge is 0.455 e. The van der Waals surface area contributed by atoms with Gasteiger partial charge in [-0.15, -0.1) is 0 Å². The van der Waals surface area contributed by atoms with Gasteiger partial charge in [-0.3, -0.25) is 0 Å². The van der Waals surface area contributed by atoms with Crippen LogP contribution in [0.4, 0.5) is 0 Å². The van der Waals surface area contributed by atoms with Crippen molar-refractivity contribution in [2.75, 3.05) is 0 Å². The first kappa shape index (κ1) is 38.9. The zero-order valence-corrected chi connectivity index (χ0v) is 37.3. The van der Waals surface area contributed by atoms with Gasteiger partial charge in [0.2, 0.25) is 0 Å². The van der Waals surface area contributed by atoms with E-state index in [1.165, 1.54) is 10.8 Å². The molecule has 0 atom stereocenters. The van der Waals surface area contributed by atoms with Gasteiger partial charge in [0.25, 0.3) is 0 Å². The number of fused-ring (bicyclic) bond motifs is 11. The van der Waals surface area contributed by atoms with Gasteiger partial charge in [0.1, 0.15) is 11.2 Å². The fourth-order valence-corrected chi connectivity index (χ4v) is 10.7. The molecule has 0 fully saturated rings. The highest BCUT2D eigenvalue weighted by Gasteiger charge is 2.26. The van der Waals surface area contributed by atoms with E-state index in [1.807, 2.05) is 12.1 Å². The maximum atomic E-state index is 7.18. The lowest BCUT2D eigenvalue weighted by molar-refractivity contribution is 0.673. The highest BCUT2D eigenvalue weighted by molar-refractivity contribution is 6.30. The number of benzene rings is 10. The van der Waals surface area contributed by atoms with Crippen LogP contribution in [0.3, 0.4) is 0 Å². The molecule has 14 aromatic rings. The van der Waals surface area contributed by atoms with Crippen LogP contribution in [0.25, 0.3) is 133 Å². The van der Waals surface area contributed by atoms with Gasteiger partial charge in [0.05, 0.1) is 49.9 Å². The zero-order chi connectivity index (χ0) is 45.4. The molecule has 4 heterocycles. The van der Waals surface area contributed by atoms with Gasteiger partial charge >= 0.3 is 0 Å². The van der Waals surface area contributed by atoms with Crippen molar-refractivity contribution in [3.8, 4) is 67.5 Å². The summed E-state index contributed by atoms with van der Waals surface area (Å²) in [6.07, 6.45) is 0. The first-order valence-electron chi connectivity index (χ1n) is 23.4. The Hall–Kier alpha value is -9.32. The fraction of sp³-hybridized carbons (Fsp3) is 0. The van der Waals surface area contributed by atoms with E-state index in [9.17, 15) is 0 Å². The number of furan rings is 1. The van der Waals surface area contributed by atoms with Crippen molar-refractivity contribution in [2.45, 2.75) is 0 Å². The third-order valence-corrected chi connectivity index (χ3v) is 13.7. The highest BCUT2D eigenvalue weighted by atomic mass is 16.3. The van der Waals surface area contributed by atoms with Crippen molar-refractivity contribution in [3.05, 3.63) is 243 Å². The first-order valence-corrected chi connectivity index (χ1v) is 23.4. The topological polar surface area (TPSA) is 48.8 Å². The van der Waals surface area contributed by atoms with E-state index in [4.69, 9.17) is 14.4 Å². The lowest BCUT2D eigenvalue weighted by atomic mass is 9.92. The Kier molecular flexibility index (Phi) is 8.83. The molecule has 0 aliphatic carbocycles. The Morgan fingerprint density at radius 2 is 0.826 bits per heavy atom. The molecule has 5 heteroatoms. The van der Waals surface area contributed by atoms with E-state index in [-0.39, 0.29) is 0 Å². The molecule has 5 nitrogen and oxygen atoms in total. The van der Waals surface area contributed by atoms with Crippen molar-refractivity contribution in [1.82, 2.24) is 19.1 Å². The number of hydrogen-bond donors (Lipinski definition) is 0. The van der Waals surface area contributed by atoms with Crippen LogP contribution in [-0.4, -0.2) is 19.1 Å². The Morgan fingerprint density at radius 3 is 1.42 bits per heavy atom. The van der Waals surface area contributed by atoms with Crippen molar-refractivity contribution in [1.29, 1.82) is 0 Å². The summed E-state index contributed by atoms with van der Waals surface area (Å²) in [5, 5.41) is 6.78. The second kappa shape index (κ2) is 15.7. The predicted molar refractivity (Wildman–Crippen MR) is 285 cm³/mol. The first-order chi connectivity index (χ1) is 34.2. The molecule has 0 aliphatic heterocycles. The van der Waals surface area contributed by atoms with E-state index in [0.29, 0.717) is 5.82 Å². The molecule has 0 bridgehead atoms. The van der Waals surface area contributed by atoms with Crippen LogP contribution < -0.4 is 0 Å². The zero-order valence-electron chi connectivity index (χ0n) is 37.3. The average Bonchev–Trinajstić information content (AvgIpc) is 4.09. The monoisotopic (exact) mass is 880 g/mol. The van der Waals surface area contributed by atoms with Crippen molar-refractivity contribution in [3.63, 3.8) is 0 Å². The van der Waals surface area contributed by atoms with E-state index < -0.39 is 0 Å². The molecule has 0 spiro atoms. The standard InChI is InChI=1S/C64H40N4O/c1-6-20-41(21-7-1)51-38-45(64-65-53(43-24-10-3-11-25-43)40-54(66-64)44-26-12-4-13-27-44)39-52(42-22-8-2-9-23-42)61(51)68-56-33-19-17-31-49(56)59-57(68)36-34-50-60-58(69-63(50)59)37-35-48-47-30-16-18-32-55(47)67(62(48)60)46-28-14-5-15-29-46/h1-40H. The molecule has 10 aromatic carbocycles. The Balaban J connectivity index is 1.09. The molecule has 0 aliphatic rings. The van der Waals surface area contributed by atoms with Crippen molar-refractivity contribution in [2.24, 2.45) is 0 Å². The number of aromatic nitrogens is 4. The minimum Gasteiger partial charge on any atom is -0.455 e.